The highest BCUT2D eigenvalue weighted by molar-refractivity contribution is 5.99. The molecular weight excluding hydrogens is 308 g/mol. The molecule has 2 aliphatic rings. The van der Waals surface area contributed by atoms with Gasteiger partial charge < -0.3 is 20.1 Å². The van der Waals surface area contributed by atoms with Gasteiger partial charge in [0.1, 0.15) is 18.1 Å². The van der Waals surface area contributed by atoms with Crippen molar-refractivity contribution in [2.75, 3.05) is 26.3 Å². The minimum absolute atomic E-state index is 0.0873. The highest BCUT2D eigenvalue weighted by Crippen LogP contribution is 2.31. The summed E-state index contributed by atoms with van der Waals surface area (Å²) in [7, 11) is 0. The van der Waals surface area contributed by atoms with Gasteiger partial charge in [0.15, 0.2) is 0 Å². The van der Waals surface area contributed by atoms with Crippen LogP contribution < -0.4 is 15.2 Å². The molecule has 1 saturated heterocycles. The number of fused-ring (bicyclic) bond motifs is 1. The molecule has 0 radical (unpaired) electrons. The number of nitrogens with zero attached hydrogens (tertiary/aromatic N) is 1. The largest absolute Gasteiger partial charge is 0.493 e. The van der Waals surface area contributed by atoms with Crippen LogP contribution in [0.25, 0.3) is 6.08 Å². The molecule has 2 amide bonds. The lowest BCUT2D eigenvalue weighted by Crippen LogP contribution is -2.34. The Balaban J connectivity index is 1.71. The van der Waals surface area contributed by atoms with Crippen molar-refractivity contribution in [1.29, 1.82) is 0 Å². The molecule has 6 nitrogen and oxygen atoms in total. The second kappa shape index (κ2) is 6.95. The van der Waals surface area contributed by atoms with E-state index < -0.39 is 0 Å². The first-order valence-electron chi connectivity index (χ1n) is 8.27. The number of amides is 2. The number of benzene rings is 1. The number of nitrogens with two attached hydrogens (primary N) is 1. The minimum Gasteiger partial charge on any atom is -0.493 e. The van der Waals surface area contributed by atoms with E-state index in [2.05, 4.69) is 6.92 Å². The van der Waals surface area contributed by atoms with Crippen LogP contribution in [0.1, 0.15) is 25.3 Å². The summed E-state index contributed by atoms with van der Waals surface area (Å²) < 4.78 is 11.3. The topological polar surface area (TPSA) is 81.9 Å². The van der Waals surface area contributed by atoms with Crippen molar-refractivity contribution in [3.63, 3.8) is 0 Å². The molecular formula is C18H22N2O4. The molecule has 1 aromatic carbocycles. The van der Waals surface area contributed by atoms with Crippen LogP contribution in [-0.2, 0) is 9.59 Å². The number of rotatable bonds is 5. The van der Waals surface area contributed by atoms with Crippen molar-refractivity contribution in [1.82, 2.24) is 4.90 Å². The van der Waals surface area contributed by atoms with E-state index in [1.165, 1.54) is 0 Å². The SMILES string of the molecule is CCCOc1ccc2c(c1)OCC(C(=O)N1CCC(C(N)=O)C1)=C2. The zero-order chi connectivity index (χ0) is 17.1. The van der Waals surface area contributed by atoms with Crippen molar-refractivity contribution in [2.45, 2.75) is 19.8 Å². The summed E-state index contributed by atoms with van der Waals surface area (Å²) in [4.78, 5) is 25.5. The standard InChI is InChI=1S/C18H22N2O4/c1-2-7-23-15-4-3-12-8-14(11-24-16(12)9-15)18(22)20-6-5-13(10-20)17(19)21/h3-4,8-9,13H,2,5-7,10-11H2,1H3,(H2,19,21). The molecule has 2 heterocycles. The Morgan fingerprint density at radius 3 is 2.96 bits per heavy atom. The van der Waals surface area contributed by atoms with Gasteiger partial charge in [0.25, 0.3) is 5.91 Å². The Bertz CT molecular complexity index is 684. The first-order chi connectivity index (χ1) is 11.6. The van der Waals surface area contributed by atoms with Crippen LogP contribution in [0.4, 0.5) is 0 Å². The van der Waals surface area contributed by atoms with E-state index in [0.717, 1.165) is 23.5 Å². The Kier molecular flexibility index (Phi) is 4.74. The fourth-order valence-electron chi connectivity index (χ4n) is 2.96. The lowest BCUT2D eigenvalue weighted by Gasteiger charge is -2.22. The van der Waals surface area contributed by atoms with E-state index >= 15 is 0 Å². The van der Waals surface area contributed by atoms with Gasteiger partial charge in [-0.2, -0.15) is 0 Å². The van der Waals surface area contributed by atoms with E-state index in [0.29, 0.717) is 31.7 Å². The molecule has 0 bridgehead atoms. The number of likely N-dealkylation sites (tertiary alicyclic amines) is 1. The Morgan fingerprint density at radius 1 is 1.42 bits per heavy atom. The average molecular weight is 330 g/mol. The van der Waals surface area contributed by atoms with E-state index in [9.17, 15) is 9.59 Å². The summed E-state index contributed by atoms with van der Waals surface area (Å²) in [6.45, 7) is 3.88. The molecule has 1 aromatic rings. The van der Waals surface area contributed by atoms with E-state index in [4.69, 9.17) is 15.2 Å². The maximum absolute atomic E-state index is 12.6. The van der Waals surface area contributed by atoms with Crippen LogP contribution in [0, 0.1) is 5.92 Å². The third-order valence-electron chi connectivity index (χ3n) is 4.32. The first kappa shape index (κ1) is 16.4. The predicted octanol–water partition coefficient (Wildman–Crippen LogP) is 1.58. The van der Waals surface area contributed by atoms with Gasteiger partial charge >= 0.3 is 0 Å². The Labute approximate surface area is 141 Å². The lowest BCUT2D eigenvalue weighted by molar-refractivity contribution is -0.127. The summed E-state index contributed by atoms with van der Waals surface area (Å²) in [5.41, 5.74) is 6.78. The molecule has 1 atom stereocenters. The highest BCUT2D eigenvalue weighted by atomic mass is 16.5. The van der Waals surface area contributed by atoms with Crippen LogP contribution in [0.15, 0.2) is 23.8 Å². The van der Waals surface area contributed by atoms with Crippen LogP contribution in [0.3, 0.4) is 0 Å². The maximum atomic E-state index is 12.6. The molecule has 3 rings (SSSR count). The van der Waals surface area contributed by atoms with Gasteiger partial charge in [0.2, 0.25) is 5.91 Å². The summed E-state index contributed by atoms with van der Waals surface area (Å²) in [6.07, 6.45) is 3.42. The number of ether oxygens (including phenoxy) is 2. The normalized spacial score (nSPS) is 19.3. The predicted molar refractivity (Wildman–Crippen MR) is 89.6 cm³/mol. The van der Waals surface area contributed by atoms with Crippen molar-refractivity contribution in [3.8, 4) is 11.5 Å². The minimum atomic E-state index is -0.343. The highest BCUT2D eigenvalue weighted by Gasteiger charge is 2.31. The molecule has 0 aliphatic carbocycles. The zero-order valence-electron chi connectivity index (χ0n) is 13.8. The van der Waals surface area contributed by atoms with Crippen molar-refractivity contribution in [3.05, 3.63) is 29.3 Å². The smallest absolute Gasteiger partial charge is 0.253 e. The van der Waals surface area contributed by atoms with E-state index in [1.54, 1.807) is 4.90 Å². The monoisotopic (exact) mass is 330 g/mol. The molecule has 2 aliphatic heterocycles. The van der Waals surface area contributed by atoms with Crippen molar-refractivity contribution >= 4 is 17.9 Å². The quantitative estimate of drug-likeness (QED) is 0.889. The third-order valence-corrected chi connectivity index (χ3v) is 4.32. The number of hydrogen-bond donors (Lipinski definition) is 1. The summed E-state index contributed by atoms with van der Waals surface area (Å²) in [6, 6.07) is 5.62. The second-order valence-corrected chi connectivity index (χ2v) is 6.15. The Hall–Kier alpha value is -2.50. The van der Waals surface area contributed by atoms with Gasteiger partial charge in [-0.15, -0.1) is 0 Å². The molecule has 0 spiro atoms. The van der Waals surface area contributed by atoms with Gasteiger partial charge in [-0.05, 0) is 31.1 Å². The van der Waals surface area contributed by atoms with Crippen LogP contribution in [0.2, 0.25) is 0 Å². The second-order valence-electron chi connectivity index (χ2n) is 6.15. The van der Waals surface area contributed by atoms with Crippen molar-refractivity contribution in [2.24, 2.45) is 11.7 Å². The zero-order valence-corrected chi connectivity index (χ0v) is 13.8. The third kappa shape index (κ3) is 3.37. The molecule has 24 heavy (non-hydrogen) atoms. The van der Waals surface area contributed by atoms with E-state index in [-0.39, 0.29) is 24.3 Å². The van der Waals surface area contributed by atoms with Crippen LogP contribution in [0.5, 0.6) is 11.5 Å². The van der Waals surface area contributed by atoms with Gasteiger partial charge in [-0.1, -0.05) is 6.92 Å². The van der Waals surface area contributed by atoms with Crippen LogP contribution >= 0.6 is 0 Å². The summed E-state index contributed by atoms with van der Waals surface area (Å²) in [5.74, 6) is 0.809. The van der Waals surface area contributed by atoms with Gasteiger partial charge in [0, 0.05) is 24.7 Å². The summed E-state index contributed by atoms with van der Waals surface area (Å²) in [5, 5.41) is 0. The first-order valence-corrected chi connectivity index (χ1v) is 8.27. The summed E-state index contributed by atoms with van der Waals surface area (Å²) >= 11 is 0. The molecule has 0 saturated carbocycles. The number of primary amides is 1. The lowest BCUT2D eigenvalue weighted by atomic mass is 10.1. The molecule has 2 N–H and O–H groups in total. The molecule has 128 valence electrons. The maximum Gasteiger partial charge on any atom is 0.253 e. The Morgan fingerprint density at radius 2 is 2.25 bits per heavy atom. The van der Waals surface area contributed by atoms with Gasteiger partial charge in [-0.25, -0.2) is 0 Å². The van der Waals surface area contributed by atoms with Gasteiger partial charge in [-0.3, -0.25) is 9.59 Å². The number of carbonyl (C=O) groups excluding carboxylic acids is 2. The van der Waals surface area contributed by atoms with Crippen LogP contribution in [-0.4, -0.2) is 43.0 Å². The molecule has 0 aromatic heterocycles. The fraction of sp³-hybridized carbons (Fsp3) is 0.444. The van der Waals surface area contributed by atoms with Gasteiger partial charge in [0.05, 0.1) is 18.1 Å². The number of carbonyl (C=O) groups is 2. The molecule has 1 unspecified atom stereocenters. The number of hydrogen-bond acceptors (Lipinski definition) is 4. The van der Waals surface area contributed by atoms with Crippen molar-refractivity contribution < 1.29 is 19.1 Å². The fourth-order valence-corrected chi connectivity index (χ4v) is 2.96. The average Bonchev–Trinajstić information content (AvgIpc) is 3.09. The van der Waals surface area contributed by atoms with E-state index in [1.807, 2.05) is 24.3 Å². The molecule has 6 heteroatoms. The molecule has 1 fully saturated rings.